The second kappa shape index (κ2) is 5.51. The number of carbonyl (C=O) groups excluding carboxylic acids is 1. The molecule has 100 valence electrons. The lowest BCUT2D eigenvalue weighted by atomic mass is 10.3. The van der Waals surface area contributed by atoms with E-state index in [0.29, 0.717) is 12.1 Å². The Morgan fingerprint density at radius 2 is 1.67 bits per heavy atom. The van der Waals surface area contributed by atoms with E-state index in [4.69, 9.17) is 0 Å². The summed E-state index contributed by atoms with van der Waals surface area (Å²) in [5.74, 6) is -6.90. The highest BCUT2D eigenvalue weighted by molar-refractivity contribution is 8.00. The average molecular weight is 289 g/mol. The summed E-state index contributed by atoms with van der Waals surface area (Å²) < 4.78 is 73.2. The lowest BCUT2D eigenvalue weighted by Gasteiger charge is -2.07. The van der Waals surface area contributed by atoms with Crippen LogP contribution in [0.25, 0.3) is 0 Å². The number of hydrogen-bond acceptors (Lipinski definition) is 2. The Balaban J connectivity index is 2.65. The van der Waals surface area contributed by atoms with Gasteiger partial charge < -0.3 is 5.32 Å². The first-order chi connectivity index (χ1) is 8.19. The molecule has 0 radical (unpaired) electrons. The van der Waals surface area contributed by atoms with E-state index in [2.05, 4.69) is 0 Å². The summed E-state index contributed by atoms with van der Waals surface area (Å²) in [7, 11) is 0. The van der Waals surface area contributed by atoms with E-state index in [0.717, 1.165) is 0 Å². The Hall–Kier alpha value is -1.38. The van der Waals surface area contributed by atoms with Crippen molar-refractivity contribution in [2.75, 3.05) is 11.1 Å². The molecule has 18 heavy (non-hydrogen) atoms. The second-order valence-electron chi connectivity index (χ2n) is 3.04. The molecular weight excluding hydrogens is 284 g/mol. The number of amides is 1. The average Bonchev–Trinajstić information content (AvgIpc) is 2.22. The van der Waals surface area contributed by atoms with Crippen LogP contribution in [0, 0.1) is 17.5 Å². The maximum absolute atomic E-state index is 12.7. The van der Waals surface area contributed by atoms with Crippen molar-refractivity contribution in [3.8, 4) is 0 Å². The molecule has 0 aliphatic heterocycles. The number of benzene rings is 1. The van der Waals surface area contributed by atoms with E-state index in [-0.39, 0.29) is 0 Å². The molecule has 0 fully saturated rings. The fourth-order valence-corrected chi connectivity index (χ4v) is 1.34. The summed E-state index contributed by atoms with van der Waals surface area (Å²) in [6, 6.07) is 0.934. The highest BCUT2D eigenvalue weighted by atomic mass is 32.2. The molecule has 1 aromatic carbocycles. The number of halogens is 6. The van der Waals surface area contributed by atoms with Crippen LogP contribution in [0.4, 0.5) is 32.0 Å². The molecule has 0 bridgehead atoms. The number of nitrogens with one attached hydrogen (secondary N) is 1. The van der Waals surface area contributed by atoms with Gasteiger partial charge in [-0.2, -0.15) is 13.2 Å². The van der Waals surface area contributed by atoms with E-state index in [1.54, 1.807) is 0 Å². The zero-order valence-corrected chi connectivity index (χ0v) is 9.26. The molecule has 1 N–H and O–H groups in total. The van der Waals surface area contributed by atoms with Crippen LogP contribution in [-0.2, 0) is 4.79 Å². The summed E-state index contributed by atoms with van der Waals surface area (Å²) in [5.41, 5.74) is -5.05. The second-order valence-corrected chi connectivity index (χ2v) is 4.08. The number of hydrogen-bond donors (Lipinski definition) is 1. The van der Waals surface area contributed by atoms with E-state index in [1.165, 1.54) is 0 Å². The standard InChI is InChI=1S/C9H5F6NOS/c10-5-1-4(2-6(11)8(5)12)16-7(17)3-18-9(13,14)15/h1-2H,3H2,(H,16,17). The van der Waals surface area contributed by atoms with Crippen LogP contribution in [0.5, 0.6) is 0 Å². The first-order valence-corrected chi connectivity index (χ1v) is 5.32. The normalized spacial score (nSPS) is 11.4. The number of anilines is 1. The van der Waals surface area contributed by atoms with Crippen LogP contribution in [-0.4, -0.2) is 17.2 Å². The SMILES string of the molecule is O=C(CSC(F)(F)F)Nc1cc(F)c(F)c(F)c1. The van der Waals surface area contributed by atoms with Crippen LogP contribution in [0.2, 0.25) is 0 Å². The minimum absolute atomic E-state index is 0.459. The minimum Gasteiger partial charge on any atom is -0.325 e. The zero-order chi connectivity index (χ0) is 13.9. The van der Waals surface area contributed by atoms with Crippen molar-refractivity contribution in [1.82, 2.24) is 0 Å². The smallest absolute Gasteiger partial charge is 0.325 e. The van der Waals surface area contributed by atoms with Crippen molar-refractivity contribution in [2.45, 2.75) is 5.51 Å². The maximum atomic E-state index is 12.7. The molecule has 0 aliphatic rings. The lowest BCUT2D eigenvalue weighted by Crippen LogP contribution is -2.17. The molecular formula is C9H5F6NOS. The van der Waals surface area contributed by atoms with Gasteiger partial charge in [-0.1, -0.05) is 0 Å². The van der Waals surface area contributed by atoms with Crippen LogP contribution in [0.1, 0.15) is 0 Å². The summed E-state index contributed by atoms with van der Waals surface area (Å²) in [6.07, 6.45) is 0. The summed E-state index contributed by atoms with van der Waals surface area (Å²) in [5, 5.41) is 1.82. The molecule has 0 saturated carbocycles. The summed E-state index contributed by atoms with van der Waals surface area (Å²) in [6.45, 7) is 0. The van der Waals surface area contributed by atoms with Gasteiger partial charge >= 0.3 is 5.51 Å². The fourth-order valence-electron chi connectivity index (χ4n) is 0.972. The molecule has 0 atom stereocenters. The summed E-state index contributed by atoms with van der Waals surface area (Å²) >= 11 is -0.601. The van der Waals surface area contributed by atoms with Crippen LogP contribution in [0.15, 0.2) is 12.1 Å². The van der Waals surface area contributed by atoms with Crippen LogP contribution >= 0.6 is 11.8 Å². The molecule has 9 heteroatoms. The van der Waals surface area contributed by atoms with Gasteiger partial charge in [-0.15, -0.1) is 0 Å². The molecule has 0 aliphatic carbocycles. The van der Waals surface area contributed by atoms with E-state index in [9.17, 15) is 31.1 Å². The van der Waals surface area contributed by atoms with Crippen molar-refractivity contribution in [1.29, 1.82) is 0 Å². The van der Waals surface area contributed by atoms with Gasteiger partial charge in [0.15, 0.2) is 17.5 Å². The van der Waals surface area contributed by atoms with Crippen molar-refractivity contribution in [3.05, 3.63) is 29.6 Å². The first kappa shape index (κ1) is 14.7. The van der Waals surface area contributed by atoms with Gasteiger partial charge in [-0.25, -0.2) is 13.2 Å². The van der Waals surface area contributed by atoms with Crippen molar-refractivity contribution in [3.63, 3.8) is 0 Å². The van der Waals surface area contributed by atoms with E-state index < -0.39 is 52.1 Å². The Bertz CT molecular complexity index is 438. The third-order valence-electron chi connectivity index (χ3n) is 1.63. The van der Waals surface area contributed by atoms with Gasteiger partial charge in [-0.3, -0.25) is 4.79 Å². The maximum Gasteiger partial charge on any atom is 0.442 e. The van der Waals surface area contributed by atoms with Gasteiger partial charge in [0, 0.05) is 17.8 Å². The fraction of sp³-hybridized carbons (Fsp3) is 0.222. The van der Waals surface area contributed by atoms with Gasteiger partial charge in [0.1, 0.15) is 0 Å². The van der Waals surface area contributed by atoms with Gasteiger partial charge in [0.05, 0.1) is 5.75 Å². The monoisotopic (exact) mass is 289 g/mol. The van der Waals surface area contributed by atoms with Crippen LogP contribution < -0.4 is 5.32 Å². The molecule has 1 aromatic rings. The number of alkyl halides is 3. The van der Waals surface area contributed by atoms with Crippen molar-refractivity contribution in [2.24, 2.45) is 0 Å². The predicted molar refractivity (Wildman–Crippen MR) is 53.5 cm³/mol. The number of rotatable bonds is 3. The quantitative estimate of drug-likeness (QED) is 0.683. The van der Waals surface area contributed by atoms with Crippen LogP contribution in [0.3, 0.4) is 0 Å². The number of thioether (sulfide) groups is 1. The van der Waals surface area contributed by atoms with E-state index in [1.807, 2.05) is 5.32 Å². The Labute approximate surface area is 101 Å². The topological polar surface area (TPSA) is 29.1 Å². The number of carbonyl (C=O) groups is 1. The third kappa shape index (κ3) is 4.47. The molecule has 0 saturated heterocycles. The molecule has 0 heterocycles. The first-order valence-electron chi connectivity index (χ1n) is 4.34. The molecule has 2 nitrogen and oxygen atoms in total. The van der Waals surface area contributed by atoms with Gasteiger partial charge in [0.25, 0.3) is 0 Å². The van der Waals surface area contributed by atoms with Crippen molar-refractivity contribution >= 4 is 23.4 Å². The molecule has 1 amide bonds. The Kier molecular flexibility index (Phi) is 4.49. The molecule has 0 aromatic heterocycles. The van der Waals surface area contributed by atoms with Crippen molar-refractivity contribution < 1.29 is 31.1 Å². The van der Waals surface area contributed by atoms with Gasteiger partial charge in [-0.05, 0) is 11.8 Å². The molecule has 1 rings (SSSR count). The Morgan fingerprint density at radius 1 is 1.17 bits per heavy atom. The third-order valence-corrected chi connectivity index (χ3v) is 2.37. The summed E-state index contributed by atoms with van der Waals surface area (Å²) in [4.78, 5) is 11.0. The highest BCUT2D eigenvalue weighted by Gasteiger charge is 2.29. The minimum atomic E-state index is -4.59. The van der Waals surface area contributed by atoms with Gasteiger partial charge in [0.2, 0.25) is 5.91 Å². The largest absolute Gasteiger partial charge is 0.442 e. The molecule has 0 spiro atoms. The molecule has 0 unspecified atom stereocenters. The Morgan fingerprint density at radius 3 is 2.11 bits per heavy atom. The highest BCUT2D eigenvalue weighted by Crippen LogP contribution is 2.30. The lowest BCUT2D eigenvalue weighted by molar-refractivity contribution is -0.114. The zero-order valence-electron chi connectivity index (χ0n) is 8.45. The van der Waals surface area contributed by atoms with E-state index >= 15 is 0 Å². The predicted octanol–water partition coefficient (Wildman–Crippen LogP) is 3.30.